The van der Waals surface area contributed by atoms with Crippen LogP contribution in [0.4, 0.5) is 0 Å². The number of carbonyl (C=O) groups is 1. The minimum absolute atomic E-state index is 0.122. The molecule has 0 saturated heterocycles. The maximum atomic E-state index is 14.1. The van der Waals surface area contributed by atoms with Crippen LogP contribution in [0.1, 0.15) is 37.9 Å². The van der Waals surface area contributed by atoms with Crippen LogP contribution >= 0.6 is 33.9 Å². The second-order valence-corrected chi connectivity index (χ2v) is 11.3. The third kappa shape index (κ3) is 4.60. The summed E-state index contributed by atoms with van der Waals surface area (Å²) in [5.41, 5.74) is 2.66. The van der Waals surface area contributed by atoms with Crippen LogP contribution in [0, 0.1) is 3.57 Å². The Kier molecular flexibility index (Phi) is 7.54. The summed E-state index contributed by atoms with van der Waals surface area (Å²) in [7, 11) is 1.62. The number of allylic oxidation sites excluding steroid dienone is 1. The molecule has 3 aromatic carbocycles. The summed E-state index contributed by atoms with van der Waals surface area (Å²) in [5.74, 6) is 0.503. The Balaban J connectivity index is 1.85. The summed E-state index contributed by atoms with van der Waals surface area (Å²) in [6, 6.07) is 19.2. The summed E-state index contributed by atoms with van der Waals surface area (Å²) in [5, 5.41) is 1.94. The molecule has 4 aromatic rings. The number of likely N-dealkylation sites (N-methyl/N-ethyl adjacent to an activating group) is 1. The molecule has 0 spiro atoms. The monoisotopic (exact) mass is 637 g/mol. The van der Waals surface area contributed by atoms with Gasteiger partial charge in [-0.2, -0.15) is 0 Å². The molecule has 2 heterocycles. The molecule has 1 amide bonds. The van der Waals surface area contributed by atoms with Gasteiger partial charge < -0.3 is 9.64 Å². The summed E-state index contributed by atoms with van der Waals surface area (Å²) in [6.45, 7) is 6.89. The van der Waals surface area contributed by atoms with E-state index in [1.165, 1.54) is 11.3 Å². The molecule has 0 bridgehead atoms. The number of methoxy groups -OCH3 is 1. The van der Waals surface area contributed by atoms with E-state index in [1.54, 1.807) is 16.6 Å². The van der Waals surface area contributed by atoms with Crippen molar-refractivity contribution in [1.29, 1.82) is 0 Å². The SMILES string of the molecule is CCN(CC)C(=O)C1=C(C)N=c2s/c(=C/c3ccc(I)cc3)c(=O)n2[C@H]1c1c(OC)ccc2ccccc12. The van der Waals surface area contributed by atoms with Crippen molar-refractivity contribution in [3.63, 3.8) is 0 Å². The Morgan fingerprint density at radius 2 is 1.82 bits per heavy atom. The largest absolute Gasteiger partial charge is 0.496 e. The molecular formula is C30H28IN3O3S. The number of benzene rings is 3. The minimum Gasteiger partial charge on any atom is -0.496 e. The topological polar surface area (TPSA) is 63.9 Å². The van der Waals surface area contributed by atoms with Gasteiger partial charge in [0.2, 0.25) is 0 Å². The number of amides is 1. The average molecular weight is 638 g/mol. The Morgan fingerprint density at radius 3 is 2.50 bits per heavy atom. The third-order valence-electron chi connectivity index (χ3n) is 6.89. The van der Waals surface area contributed by atoms with Crippen molar-refractivity contribution in [3.05, 3.63) is 106 Å². The molecule has 1 aliphatic heterocycles. The zero-order valence-corrected chi connectivity index (χ0v) is 24.7. The molecule has 1 aliphatic rings. The van der Waals surface area contributed by atoms with Crippen LogP contribution in [0.15, 0.2) is 81.7 Å². The van der Waals surface area contributed by atoms with Gasteiger partial charge in [0, 0.05) is 22.2 Å². The highest BCUT2D eigenvalue weighted by Gasteiger charge is 2.36. The quantitative estimate of drug-likeness (QED) is 0.284. The Bertz CT molecular complexity index is 1750. The summed E-state index contributed by atoms with van der Waals surface area (Å²) in [6.07, 6.45) is 1.89. The van der Waals surface area contributed by atoms with E-state index >= 15 is 0 Å². The highest BCUT2D eigenvalue weighted by molar-refractivity contribution is 14.1. The van der Waals surface area contributed by atoms with Crippen LogP contribution in [0.3, 0.4) is 0 Å². The number of rotatable bonds is 6. The summed E-state index contributed by atoms with van der Waals surface area (Å²) < 4.78 is 9.22. The van der Waals surface area contributed by atoms with Crippen LogP contribution < -0.4 is 19.6 Å². The van der Waals surface area contributed by atoms with E-state index in [4.69, 9.17) is 9.73 Å². The number of carbonyl (C=O) groups excluding carboxylic acids is 1. The first-order valence-corrected chi connectivity index (χ1v) is 14.4. The predicted octanol–water partition coefficient (Wildman–Crippen LogP) is 4.87. The molecule has 194 valence electrons. The maximum Gasteiger partial charge on any atom is 0.271 e. The van der Waals surface area contributed by atoms with Crippen LogP contribution in [0.25, 0.3) is 16.8 Å². The standard InChI is InChI=1S/C30H28IN3O3S/c1-5-33(6-2)29(36)25-18(3)32-30-34(28(35)24(38-30)17-19-11-14-21(31)15-12-19)27(25)26-22-10-8-7-9-20(22)13-16-23(26)37-4/h7-17,27H,5-6H2,1-4H3/b24-17+/t27-/m1/s1. The molecule has 1 atom stereocenters. The molecule has 6 nitrogen and oxygen atoms in total. The molecule has 0 saturated carbocycles. The van der Waals surface area contributed by atoms with Gasteiger partial charge in [0.1, 0.15) is 11.8 Å². The van der Waals surface area contributed by atoms with Crippen LogP contribution in [-0.2, 0) is 4.79 Å². The highest BCUT2D eigenvalue weighted by Crippen LogP contribution is 2.40. The number of thiazole rings is 1. The van der Waals surface area contributed by atoms with Gasteiger partial charge in [0.25, 0.3) is 11.5 Å². The van der Waals surface area contributed by atoms with Gasteiger partial charge in [0.15, 0.2) is 4.80 Å². The molecule has 0 aliphatic carbocycles. The van der Waals surface area contributed by atoms with Crippen molar-refractivity contribution in [2.24, 2.45) is 4.99 Å². The van der Waals surface area contributed by atoms with E-state index in [0.717, 1.165) is 25.5 Å². The smallest absolute Gasteiger partial charge is 0.271 e. The summed E-state index contributed by atoms with van der Waals surface area (Å²) in [4.78, 5) is 35.2. The fourth-order valence-corrected chi connectivity index (χ4v) is 6.40. The second-order valence-electron chi connectivity index (χ2n) is 9.01. The Morgan fingerprint density at radius 1 is 1.11 bits per heavy atom. The number of nitrogens with zero attached hydrogens (tertiary/aromatic N) is 3. The average Bonchev–Trinajstić information content (AvgIpc) is 3.23. The second kappa shape index (κ2) is 10.9. The number of hydrogen-bond acceptors (Lipinski definition) is 5. The maximum absolute atomic E-state index is 14.1. The van der Waals surface area contributed by atoms with Gasteiger partial charge in [-0.1, -0.05) is 53.8 Å². The van der Waals surface area contributed by atoms with Gasteiger partial charge in [-0.25, -0.2) is 4.99 Å². The minimum atomic E-state index is -0.681. The van der Waals surface area contributed by atoms with Crippen LogP contribution in [0.5, 0.6) is 5.75 Å². The Hall–Kier alpha value is -3.24. The van der Waals surface area contributed by atoms with Crippen molar-refractivity contribution in [1.82, 2.24) is 9.47 Å². The predicted molar refractivity (Wildman–Crippen MR) is 161 cm³/mol. The number of halogens is 1. The number of aromatic nitrogens is 1. The Labute approximate surface area is 238 Å². The molecular weight excluding hydrogens is 609 g/mol. The zero-order valence-electron chi connectivity index (χ0n) is 21.7. The van der Waals surface area contributed by atoms with E-state index in [0.29, 0.717) is 39.4 Å². The van der Waals surface area contributed by atoms with E-state index in [-0.39, 0.29) is 11.5 Å². The molecule has 0 radical (unpaired) electrons. The number of hydrogen-bond donors (Lipinski definition) is 0. The molecule has 5 rings (SSSR count). The summed E-state index contributed by atoms with van der Waals surface area (Å²) >= 11 is 3.60. The molecule has 0 unspecified atom stereocenters. The van der Waals surface area contributed by atoms with Crippen molar-refractivity contribution in [2.75, 3.05) is 20.2 Å². The first kappa shape index (κ1) is 26.4. The first-order valence-electron chi connectivity index (χ1n) is 12.5. The van der Waals surface area contributed by atoms with Crippen LogP contribution in [-0.4, -0.2) is 35.6 Å². The molecule has 1 aromatic heterocycles. The fraction of sp³-hybridized carbons (Fsp3) is 0.233. The lowest BCUT2D eigenvalue weighted by atomic mass is 9.90. The van der Waals surface area contributed by atoms with E-state index < -0.39 is 6.04 Å². The zero-order chi connectivity index (χ0) is 27.0. The molecule has 0 N–H and O–H groups in total. The van der Waals surface area contributed by atoms with E-state index in [1.807, 2.05) is 87.5 Å². The van der Waals surface area contributed by atoms with Gasteiger partial charge in [-0.05, 0) is 84.0 Å². The lowest BCUT2D eigenvalue weighted by Crippen LogP contribution is -2.43. The highest BCUT2D eigenvalue weighted by atomic mass is 127. The third-order valence-corrected chi connectivity index (χ3v) is 8.60. The van der Waals surface area contributed by atoms with E-state index in [2.05, 4.69) is 22.6 Å². The van der Waals surface area contributed by atoms with Gasteiger partial charge in [-0.15, -0.1) is 0 Å². The molecule has 0 fully saturated rings. The number of fused-ring (bicyclic) bond motifs is 2. The van der Waals surface area contributed by atoms with Crippen LogP contribution in [0.2, 0.25) is 0 Å². The lowest BCUT2D eigenvalue weighted by Gasteiger charge is -2.30. The van der Waals surface area contributed by atoms with Gasteiger partial charge in [-0.3, -0.25) is 14.2 Å². The lowest BCUT2D eigenvalue weighted by molar-refractivity contribution is -0.127. The number of ether oxygens (including phenoxy) is 1. The van der Waals surface area contributed by atoms with Crippen molar-refractivity contribution >= 4 is 56.7 Å². The first-order chi connectivity index (χ1) is 18.4. The molecule has 8 heteroatoms. The van der Waals surface area contributed by atoms with Gasteiger partial charge in [0.05, 0.1) is 22.9 Å². The van der Waals surface area contributed by atoms with Crippen molar-refractivity contribution < 1.29 is 9.53 Å². The normalized spacial score (nSPS) is 15.4. The van der Waals surface area contributed by atoms with Crippen molar-refractivity contribution in [2.45, 2.75) is 26.8 Å². The molecule has 38 heavy (non-hydrogen) atoms. The van der Waals surface area contributed by atoms with E-state index in [9.17, 15) is 9.59 Å². The van der Waals surface area contributed by atoms with Crippen molar-refractivity contribution in [3.8, 4) is 5.75 Å². The van der Waals surface area contributed by atoms with Gasteiger partial charge >= 0.3 is 0 Å². The fourth-order valence-electron chi connectivity index (χ4n) is 5.00.